The fraction of sp³-hybridized carbons (Fsp3) is 0.391. The van der Waals surface area contributed by atoms with Gasteiger partial charge in [0.2, 0.25) is 0 Å². The standard InChI is InChI=1S/C23H26N4O/c1-17-9-10-27-21-8-7-18(16-20(21)24-22(27)15-17)23(28)26-13-11-25(12-14-26)19-5-3-2-4-6-19/h2-8,16-17H,9-15H2,1H3. The van der Waals surface area contributed by atoms with Crippen molar-refractivity contribution in [2.75, 3.05) is 31.1 Å². The van der Waals surface area contributed by atoms with E-state index in [4.69, 9.17) is 4.98 Å². The number of amides is 1. The number of nitrogens with zero attached hydrogens (tertiary/aromatic N) is 4. The lowest BCUT2D eigenvalue weighted by molar-refractivity contribution is 0.0747. The highest BCUT2D eigenvalue weighted by Gasteiger charge is 2.24. The number of fused-ring (bicyclic) bond motifs is 3. The zero-order chi connectivity index (χ0) is 19.1. The molecule has 0 aliphatic carbocycles. The molecule has 1 atom stereocenters. The van der Waals surface area contributed by atoms with Crippen molar-refractivity contribution in [3.8, 4) is 0 Å². The third kappa shape index (κ3) is 3.05. The van der Waals surface area contributed by atoms with Crippen LogP contribution in [0.5, 0.6) is 0 Å². The van der Waals surface area contributed by atoms with E-state index in [2.05, 4.69) is 46.7 Å². The van der Waals surface area contributed by atoms with E-state index in [-0.39, 0.29) is 5.91 Å². The Morgan fingerprint density at radius 3 is 2.57 bits per heavy atom. The van der Waals surface area contributed by atoms with Crippen LogP contribution >= 0.6 is 0 Å². The van der Waals surface area contributed by atoms with Gasteiger partial charge in [-0.15, -0.1) is 0 Å². The third-order valence-corrected chi connectivity index (χ3v) is 6.14. The molecule has 0 spiro atoms. The second-order valence-electron chi connectivity index (χ2n) is 8.10. The van der Waals surface area contributed by atoms with Gasteiger partial charge < -0.3 is 14.4 Å². The number of hydrogen-bond acceptors (Lipinski definition) is 3. The summed E-state index contributed by atoms with van der Waals surface area (Å²) in [4.78, 5) is 22.2. The van der Waals surface area contributed by atoms with Crippen molar-refractivity contribution in [1.29, 1.82) is 0 Å². The summed E-state index contributed by atoms with van der Waals surface area (Å²) in [5.41, 5.74) is 4.10. The number of aromatic nitrogens is 2. The SMILES string of the molecule is CC1CCn2c(nc3cc(C(=O)N4CCN(c5ccccc5)CC4)ccc32)C1. The Morgan fingerprint density at radius 2 is 1.79 bits per heavy atom. The zero-order valence-corrected chi connectivity index (χ0v) is 16.3. The van der Waals surface area contributed by atoms with Crippen molar-refractivity contribution in [2.24, 2.45) is 5.92 Å². The van der Waals surface area contributed by atoms with Crippen molar-refractivity contribution >= 4 is 22.6 Å². The maximum Gasteiger partial charge on any atom is 0.254 e. The number of hydrogen-bond donors (Lipinski definition) is 0. The Balaban J connectivity index is 1.32. The van der Waals surface area contributed by atoms with Crippen molar-refractivity contribution in [3.63, 3.8) is 0 Å². The number of anilines is 1. The van der Waals surface area contributed by atoms with Crippen LogP contribution in [0.3, 0.4) is 0 Å². The molecule has 0 radical (unpaired) electrons. The molecule has 0 saturated carbocycles. The Labute approximate surface area is 165 Å². The van der Waals surface area contributed by atoms with Crippen LogP contribution in [0.2, 0.25) is 0 Å². The van der Waals surface area contributed by atoms with Gasteiger partial charge in [-0.25, -0.2) is 4.98 Å². The number of benzene rings is 2. The Morgan fingerprint density at radius 1 is 1.00 bits per heavy atom. The predicted octanol–water partition coefficient (Wildman–Crippen LogP) is 3.58. The van der Waals surface area contributed by atoms with E-state index in [1.165, 1.54) is 12.1 Å². The van der Waals surface area contributed by atoms with Crippen LogP contribution in [0.1, 0.15) is 29.5 Å². The lowest BCUT2D eigenvalue weighted by Gasteiger charge is -2.36. The van der Waals surface area contributed by atoms with Crippen LogP contribution in [0.25, 0.3) is 11.0 Å². The first-order valence-corrected chi connectivity index (χ1v) is 10.3. The summed E-state index contributed by atoms with van der Waals surface area (Å²) < 4.78 is 2.32. The van der Waals surface area contributed by atoms with Gasteiger partial charge in [-0.05, 0) is 42.7 Å². The molecule has 1 amide bonds. The first-order valence-electron chi connectivity index (χ1n) is 10.3. The molecular weight excluding hydrogens is 348 g/mol. The summed E-state index contributed by atoms with van der Waals surface area (Å²) in [5.74, 6) is 1.97. The number of para-hydroxylation sites is 1. The molecule has 1 unspecified atom stereocenters. The Kier molecular flexibility index (Phi) is 4.30. The van der Waals surface area contributed by atoms with Gasteiger partial charge in [-0.3, -0.25) is 4.79 Å². The average molecular weight is 374 g/mol. The summed E-state index contributed by atoms with van der Waals surface area (Å²) in [6.45, 7) is 6.56. The maximum atomic E-state index is 13.1. The van der Waals surface area contributed by atoms with Crippen LogP contribution in [-0.4, -0.2) is 46.5 Å². The molecule has 3 heterocycles. The molecule has 5 rings (SSSR count). The van der Waals surface area contributed by atoms with Crippen LogP contribution in [-0.2, 0) is 13.0 Å². The van der Waals surface area contributed by atoms with Crippen LogP contribution in [0.15, 0.2) is 48.5 Å². The van der Waals surface area contributed by atoms with Crippen molar-refractivity contribution < 1.29 is 4.79 Å². The number of imidazole rings is 1. The van der Waals surface area contributed by atoms with Gasteiger partial charge in [0.15, 0.2) is 0 Å². The lowest BCUT2D eigenvalue weighted by Crippen LogP contribution is -2.48. The van der Waals surface area contributed by atoms with E-state index >= 15 is 0 Å². The van der Waals surface area contributed by atoms with Crippen molar-refractivity contribution in [1.82, 2.24) is 14.5 Å². The van der Waals surface area contributed by atoms with Crippen LogP contribution in [0, 0.1) is 5.92 Å². The summed E-state index contributed by atoms with van der Waals surface area (Å²) in [6.07, 6.45) is 2.23. The maximum absolute atomic E-state index is 13.1. The first-order chi connectivity index (χ1) is 13.7. The van der Waals surface area contributed by atoms with E-state index in [9.17, 15) is 4.79 Å². The van der Waals surface area contributed by atoms with Crippen LogP contribution < -0.4 is 4.90 Å². The fourth-order valence-corrected chi connectivity index (χ4v) is 4.47. The molecule has 2 aliphatic heterocycles. The highest BCUT2D eigenvalue weighted by Crippen LogP contribution is 2.26. The van der Waals surface area contributed by atoms with E-state index in [0.29, 0.717) is 5.92 Å². The van der Waals surface area contributed by atoms with Crippen molar-refractivity contribution in [3.05, 3.63) is 59.9 Å². The molecule has 2 aliphatic rings. The molecule has 1 saturated heterocycles. The lowest BCUT2D eigenvalue weighted by atomic mass is 10.0. The molecule has 2 aromatic carbocycles. The third-order valence-electron chi connectivity index (χ3n) is 6.14. The van der Waals surface area contributed by atoms with E-state index in [1.807, 2.05) is 23.1 Å². The van der Waals surface area contributed by atoms with Gasteiger partial charge >= 0.3 is 0 Å². The molecular formula is C23H26N4O. The largest absolute Gasteiger partial charge is 0.368 e. The fourth-order valence-electron chi connectivity index (χ4n) is 4.47. The van der Waals surface area contributed by atoms with Gasteiger partial charge in [0, 0.05) is 50.4 Å². The average Bonchev–Trinajstić information content (AvgIpc) is 3.10. The van der Waals surface area contributed by atoms with Gasteiger partial charge in [0.1, 0.15) is 5.82 Å². The zero-order valence-electron chi connectivity index (χ0n) is 16.3. The topological polar surface area (TPSA) is 41.4 Å². The normalized spacial score (nSPS) is 19.7. The quantitative estimate of drug-likeness (QED) is 0.688. The minimum atomic E-state index is 0.119. The smallest absolute Gasteiger partial charge is 0.254 e. The molecule has 1 aromatic heterocycles. The Bertz CT molecular complexity index is 1000. The molecule has 0 bridgehead atoms. The summed E-state index contributed by atoms with van der Waals surface area (Å²) in [7, 11) is 0. The van der Waals surface area contributed by atoms with Gasteiger partial charge in [0.25, 0.3) is 5.91 Å². The van der Waals surface area contributed by atoms with E-state index < -0.39 is 0 Å². The minimum Gasteiger partial charge on any atom is -0.368 e. The van der Waals surface area contributed by atoms with Gasteiger partial charge in [0.05, 0.1) is 11.0 Å². The highest BCUT2D eigenvalue weighted by atomic mass is 16.2. The molecule has 144 valence electrons. The second-order valence-corrected chi connectivity index (χ2v) is 8.10. The molecule has 1 fully saturated rings. The van der Waals surface area contributed by atoms with Gasteiger partial charge in [-0.1, -0.05) is 25.1 Å². The monoisotopic (exact) mass is 374 g/mol. The van der Waals surface area contributed by atoms with E-state index in [0.717, 1.165) is 61.6 Å². The summed E-state index contributed by atoms with van der Waals surface area (Å²) in [5, 5.41) is 0. The predicted molar refractivity (Wildman–Crippen MR) is 112 cm³/mol. The Hall–Kier alpha value is -2.82. The summed E-state index contributed by atoms with van der Waals surface area (Å²) >= 11 is 0. The molecule has 28 heavy (non-hydrogen) atoms. The van der Waals surface area contributed by atoms with E-state index in [1.54, 1.807) is 0 Å². The number of carbonyl (C=O) groups is 1. The number of carbonyl (C=O) groups excluding carboxylic acids is 1. The molecule has 3 aromatic rings. The summed E-state index contributed by atoms with van der Waals surface area (Å²) in [6, 6.07) is 16.5. The minimum absolute atomic E-state index is 0.119. The molecule has 5 nitrogen and oxygen atoms in total. The highest BCUT2D eigenvalue weighted by molar-refractivity contribution is 5.97. The van der Waals surface area contributed by atoms with Crippen LogP contribution in [0.4, 0.5) is 5.69 Å². The first kappa shape index (κ1) is 17.3. The number of aryl methyl sites for hydroxylation is 1. The van der Waals surface area contributed by atoms with Crippen molar-refractivity contribution in [2.45, 2.75) is 26.3 Å². The van der Waals surface area contributed by atoms with Gasteiger partial charge in [-0.2, -0.15) is 0 Å². The number of piperazine rings is 1. The molecule has 5 heteroatoms. The second kappa shape index (κ2) is 6.97. The number of rotatable bonds is 2. The molecule has 0 N–H and O–H groups in total.